The molecule has 5 fully saturated rings. The molecule has 0 aromatic carbocycles. The molecule has 0 amide bonds. The highest BCUT2D eigenvalue weighted by molar-refractivity contribution is 5.82. The summed E-state index contributed by atoms with van der Waals surface area (Å²) in [4.78, 5) is 24.3. The smallest absolute Gasteiger partial charge is 0.201 e. The quantitative estimate of drug-likeness (QED) is 0.726. The number of carbonyl (C=O) groups excluding carboxylic acids is 1. The fourth-order valence-electron chi connectivity index (χ4n) is 4.98. The van der Waals surface area contributed by atoms with E-state index in [1.54, 1.807) is 0 Å². The van der Waals surface area contributed by atoms with Crippen molar-refractivity contribution < 1.29 is 28.8 Å². The maximum absolute atomic E-state index is 12.6. The number of hydrogen-bond donors (Lipinski definition) is 0. The van der Waals surface area contributed by atoms with Crippen LogP contribution in [-0.4, -0.2) is 36.4 Å². The molecule has 1 unspecified atom stereocenters. The summed E-state index contributed by atoms with van der Waals surface area (Å²) in [6.07, 6.45) is 1.06. The largest absolute Gasteiger partial charge is 0.353 e. The van der Waals surface area contributed by atoms with Crippen molar-refractivity contribution in [3.05, 3.63) is 0 Å². The Morgan fingerprint density at radius 3 is 2.78 bits per heavy atom. The number of carbonyl (C=O) groups is 1. The van der Waals surface area contributed by atoms with Crippen molar-refractivity contribution in [2.24, 2.45) is 23.7 Å². The molecular formula is C17H26O6. The predicted molar refractivity (Wildman–Crippen MR) is 78.8 cm³/mol. The van der Waals surface area contributed by atoms with Gasteiger partial charge in [-0.2, -0.15) is 0 Å². The van der Waals surface area contributed by atoms with Crippen LogP contribution in [0.1, 0.15) is 47.0 Å². The van der Waals surface area contributed by atoms with Crippen LogP contribution < -0.4 is 0 Å². The van der Waals surface area contributed by atoms with Gasteiger partial charge in [0.1, 0.15) is 5.78 Å². The van der Waals surface area contributed by atoms with Gasteiger partial charge in [-0.05, 0) is 20.3 Å². The SMILES string of the molecule is CCO[C@H]1O[C@@H]2O[C@@]3(C)CC[C@H]4C(C)C(=O)C[C@@H]([C@H]1C)[C@@]24OO3. The molecule has 1 spiro atoms. The summed E-state index contributed by atoms with van der Waals surface area (Å²) in [5.41, 5.74) is -0.712. The standard InChI is InChI=1S/C17H26O6/c1-5-19-14-10(3)12-8-13(18)9(2)11-6-7-16(4)21-15(20-14)17(11,12)23-22-16/h9-12,14-15H,5-8H2,1-4H3/t9?,10-,11+,12+,14+,15-,16-,17-/m1/s1. The third-order valence-corrected chi connectivity index (χ3v) is 6.34. The Kier molecular flexibility index (Phi) is 3.63. The molecule has 1 aliphatic carbocycles. The highest BCUT2D eigenvalue weighted by atomic mass is 17.3. The van der Waals surface area contributed by atoms with Gasteiger partial charge in [-0.25, -0.2) is 9.78 Å². The van der Waals surface area contributed by atoms with E-state index in [1.807, 2.05) is 20.8 Å². The van der Waals surface area contributed by atoms with Gasteiger partial charge >= 0.3 is 0 Å². The van der Waals surface area contributed by atoms with E-state index >= 15 is 0 Å². The lowest BCUT2D eigenvalue weighted by Gasteiger charge is -2.59. The predicted octanol–water partition coefficient (Wildman–Crippen LogP) is 2.41. The van der Waals surface area contributed by atoms with E-state index in [1.165, 1.54) is 0 Å². The molecule has 0 aromatic heterocycles. The highest BCUT2D eigenvalue weighted by Crippen LogP contribution is 2.59. The summed E-state index contributed by atoms with van der Waals surface area (Å²) in [7, 11) is 0. The number of hydrogen-bond acceptors (Lipinski definition) is 6. The van der Waals surface area contributed by atoms with E-state index in [0.717, 1.165) is 6.42 Å². The monoisotopic (exact) mass is 326 g/mol. The van der Waals surface area contributed by atoms with Crippen LogP contribution in [0.25, 0.3) is 0 Å². The van der Waals surface area contributed by atoms with Crippen molar-refractivity contribution in [2.45, 2.75) is 70.9 Å². The average molecular weight is 326 g/mol. The lowest BCUT2D eigenvalue weighted by molar-refractivity contribution is -0.575. The minimum Gasteiger partial charge on any atom is -0.353 e. The maximum atomic E-state index is 12.6. The molecule has 0 N–H and O–H groups in total. The van der Waals surface area contributed by atoms with Gasteiger partial charge in [-0.15, -0.1) is 0 Å². The van der Waals surface area contributed by atoms with Crippen LogP contribution >= 0.6 is 0 Å². The van der Waals surface area contributed by atoms with Crippen LogP contribution in [0.15, 0.2) is 0 Å². The molecule has 6 heteroatoms. The van der Waals surface area contributed by atoms with Crippen LogP contribution in [0.2, 0.25) is 0 Å². The van der Waals surface area contributed by atoms with Crippen molar-refractivity contribution in [3.8, 4) is 0 Å². The molecule has 2 bridgehead atoms. The molecule has 4 saturated heterocycles. The van der Waals surface area contributed by atoms with Gasteiger partial charge in [0, 0.05) is 43.1 Å². The first-order valence-electron chi connectivity index (χ1n) is 8.75. The van der Waals surface area contributed by atoms with Crippen LogP contribution in [0.5, 0.6) is 0 Å². The molecule has 5 aliphatic rings. The van der Waals surface area contributed by atoms with Crippen LogP contribution in [-0.2, 0) is 28.8 Å². The van der Waals surface area contributed by atoms with Gasteiger partial charge in [0.25, 0.3) is 0 Å². The Morgan fingerprint density at radius 2 is 2.04 bits per heavy atom. The van der Waals surface area contributed by atoms with Gasteiger partial charge in [0.2, 0.25) is 5.79 Å². The molecule has 8 atom stereocenters. The van der Waals surface area contributed by atoms with E-state index in [9.17, 15) is 4.79 Å². The van der Waals surface area contributed by atoms with Crippen molar-refractivity contribution in [1.82, 2.24) is 0 Å². The lowest BCUT2D eigenvalue weighted by Crippen LogP contribution is -2.71. The number of Topliss-reactive ketones (excluding diaryl/α,β-unsaturated/α-hetero) is 1. The molecule has 1 saturated carbocycles. The minimum absolute atomic E-state index is 0.0193. The Morgan fingerprint density at radius 1 is 1.26 bits per heavy atom. The van der Waals surface area contributed by atoms with Gasteiger partial charge in [-0.3, -0.25) is 4.79 Å². The molecular weight excluding hydrogens is 300 g/mol. The summed E-state index contributed by atoms with van der Waals surface area (Å²) in [5.74, 6) is -0.520. The molecule has 23 heavy (non-hydrogen) atoms. The van der Waals surface area contributed by atoms with Gasteiger partial charge in [0.05, 0.1) is 0 Å². The molecule has 130 valence electrons. The van der Waals surface area contributed by atoms with E-state index in [0.29, 0.717) is 25.2 Å². The van der Waals surface area contributed by atoms with E-state index in [-0.39, 0.29) is 30.0 Å². The van der Waals surface area contributed by atoms with Crippen molar-refractivity contribution in [2.75, 3.05) is 6.61 Å². The zero-order valence-electron chi connectivity index (χ0n) is 14.2. The van der Waals surface area contributed by atoms with E-state index in [2.05, 4.69) is 6.92 Å². The first-order valence-corrected chi connectivity index (χ1v) is 8.75. The fourth-order valence-corrected chi connectivity index (χ4v) is 4.98. The fraction of sp³-hybridized carbons (Fsp3) is 0.941. The topological polar surface area (TPSA) is 63.2 Å². The minimum atomic E-state index is -0.822. The number of rotatable bonds is 2. The van der Waals surface area contributed by atoms with Crippen LogP contribution in [0.4, 0.5) is 0 Å². The zero-order chi connectivity index (χ0) is 16.4. The summed E-state index contributed by atoms with van der Waals surface area (Å²) in [6, 6.07) is 0. The van der Waals surface area contributed by atoms with Crippen LogP contribution in [0, 0.1) is 23.7 Å². The molecule has 0 radical (unpaired) electrons. The summed E-state index contributed by atoms with van der Waals surface area (Å²) >= 11 is 0. The number of ketones is 1. The normalized spacial score (nSPS) is 55.4. The van der Waals surface area contributed by atoms with E-state index in [4.69, 9.17) is 24.0 Å². The Labute approximate surface area is 136 Å². The Balaban J connectivity index is 1.79. The van der Waals surface area contributed by atoms with Crippen molar-refractivity contribution >= 4 is 5.78 Å². The van der Waals surface area contributed by atoms with Crippen molar-refractivity contribution in [3.63, 3.8) is 0 Å². The third kappa shape index (κ3) is 2.09. The van der Waals surface area contributed by atoms with Crippen LogP contribution in [0.3, 0.4) is 0 Å². The number of fused-ring (bicyclic) bond motifs is 2. The lowest BCUT2D eigenvalue weighted by atomic mass is 9.57. The van der Waals surface area contributed by atoms with Gasteiger partial charge in [-0.1, -0.05) is 13.8 Å². The van der Waals surface area contributed by atoms with Gasteiger partial charge in [0.15, 0.2) is 18.2 Å². The number of ether oxygens (including phenoxy) is 3. The highest BCUT2D eigenvalue weighted by Gasteiger charge is 2.70. The van der Waals surface area contributed by atoms with E-state index < -0.39 is 17.7 Å². The summed E-state index contributed by atoms with van der Waals surface area (Å²) in [6.45, 7) is 8.44. The second kappa shape index (κ2) is 5.23. The maximum Gasteiger partial charge on any atom is 0.201 e. The second-order valence-electron chi connectivity index (χ2n) is 7.63. The Hall–Kier alpha value is -0.530. The molecule has 4 aliphatic heterocycles. The second-order valence-corrected chi connectivity index (χ2v) is 7.63. The molecule has 0 aromatic rings. The summed E-state index contributed by atoms with van der Waals surface area (Å²) < 4.78 is 18.1. The van der Waals surface area contributed by atoms with Gasteiger partial charge < -0.3 is 14.2 Å². The first kappa shape index (κ1) is 16.0. The molecule has 4 heterocycles. The summed E-state index contributed by atoms with van der Waals surface area (Å²) in [5, 5.41) is 0. The Bertz CT molecular complexity index is 509. The third-order valence-electron chi connectivity index (χ3n) is 6.34. The first-order chi connectivity index (χ1) is 10.9. The van der Waals surface area contributed by atoms with Crippen molar-refractivity contribution in [1.29, 1.82) is 0 Å². The average Bonchev–Trinajstić information content (AvgIpc) is 2.74. The molecule has 5 rings (SSSR count). The molecule has 6 nitrogen and oxygen atoms in total. The zero-order valence-corrected chi connectivity index (χ0v) is 14.2.